The lowest BCUT2D eigenvalue weighted by Gasteiger charge is -2.05. The number of fused-ring (bicyclic) bond motifs is 1. The lowest BCUT2D eigenvalue weighted by molar-refractivity contribution is -0.116. The smallest absolute Gasteiger partial charge is 0.264 e. The van der Waals surface area contributed by atoms with E-state index < -0.39 is 0 Å². The van der Waals surface area contributed by atoms with E-state index in [4.69, 9.17) is 4.74 Å². The lowest BCUT2D eigenvalue weighted by atomic mass is 10.1. The van der Waals surface area contributed by atoms with Gasteiger partial charge in [0.1, 0.15) is 18.3 Å². The van der Waals surface area contributed by atoms with Crippen molar-refractivity contribution in [2.45, 2.75) is 13.0 Å². The Hall–Kier alpha value is -3.37. The third-order valence-electron chi connectivity index (χ3n) is 4.63. The van der Waals surface area contributed by atoms with E-state index in [2.05, 4.69) is 20.4 Å². The van der Waals surface area contributed by atoms with E-state index in [0.717, 1.165) is 17.7 Å². The zero-order chi connectivity index (χ0) is 21.1. The van der Waals surface area contributed by atoms with Gasteiger partial charge < -0.3 is 10.1 Å². The Balaban J connectivity index is 1.43. The number of methoxy groups -OCH3 is 1. The number of rotatable bonds is 7. The molecule has 0 saturated carbocycles. The molecule has 0 unspecified atom stereocenters. The van der Waals surface area contributed by atoms with Gasteiger partial charge in [-0.15, -0.1) is 11.3 Å². The van der Waals surface area contributed by atoms with Crippen molar-refractivity contribution >= 4 is 33.4 Å². The van der Waals surface area contributed by atoms with E-state index in [0.29, 0.717) is 22.8 Å². The number of nitrogens with one attached hydrogen (secondary N) is 1. The highest BCUT2D eigenvalue weighted by Gasteiger charge is 2.13. The molecule has 1 N–H and O–H groups in total. The molecule has 0 saturated heterocycles. The maximum Gasteiger partial charge on any atom is 0.264 e. The second-order valence-electron chi connectivity index (χ2n) is 6.71. The number of nitrogens with zero attached hydrogens (tertiary/aromatic N) is 5. The number of carbonyl (C=O) groups excluding carboxylic acids is 1. The zero-order valence-electron chi connectivity index (χ0n) is 16.5. The summed E-state index contributed by atoms with van der Waals surface area (Å²) in [6.07, 6.45) is 3.66. The summed E-state index contributed by atoms with van der Waals surface area (Å²) in [7, 11) is 3.39. The van der Waals surface area contributed by atoms with Gasteiger partial charge in [-0.1, -0.05) is 24.3 Å². The third kappa shape index (κ3) is 4.14. The molecule has 1 aromatic carbocycles. The average Bonchev–Trinajstić information content (AvgIpc) is 3.36. The first kappa shape index (κ1) is 19.9. The fourth-order valence-electron chi connectivity index (χ4n) is 3.02. The van der Waals surface area contributed by atoms with Crippen LogP contribution in [0.2, 0.25) is 0 Å². The van der Waals surface area contributed by atoms with Crippen LogP contribution in [0, 0.1) is 0 Å². The second-order valence-corrected chi connectivity index (χ2v) is 7.57. The molecule has 0 aliphatic carbocycles. The zero-order valence-corrected chi connectivity index (χ0v) is 17.3. The van der Waals surface area contributed by atoms with Gasteiger partial charge >= 0.3 is 0 Å². The molecule has 0 aliphatic heterocycles. The summed E-state index contributed by atoms with van der Waals surface area (Å²) < 4.78 is 7.87. The summed E-state index contributed by atoms with van der Waals surface area (Å²) in [4.78, 5) is 33.6. The normalized spacial score (nSPS) is 11.1. The van der Waals surface area contributed by atoms with Gasteiger partial charge in [0.15, 0.2) is 10.8 Å². The molecule has 0 atom stereocenters. The molecule has 0 bridgehead atoms. The quantitative estimate of drug-likeness (QED) is 0.487. The fraction of sp³-hybridized carbons (Fsp3) is 0.250. The van der Waals surface area contributed by atoms with Crippen molar-refractivity contribution in [2.24, 2.45) is 7.05 Å². The molecule has 4 rings (SSSR count). The average molecular weight is 424 g/mol. The molecule has 0 spiro atoms. The van der Waals surface area contributed by atoms with Gasteiger partial charge in [0.2, 0.25) is 5.91 Å². The number of ether oxygens (including phenoxy) is 1. The predicted molar refractivity (Wildman–Crippen MR) is 115 cm³/mol. The number of carbonyl (C=O) groups is 1. The number of aromatic nitrogens is 5. The number of hydrogen-bond acceptors (Lipinski definition) is 7. The first-order valence-electron chi connectivity index (χ1n) is 9.26. The fourth-order valence-corrected chi connectivity index (χ4v) is 3.75. The molecule has 154 valence electrons. The molecular weight excluding hydrogens is 404 g/mol. The van der Waals surface area contributed by atoms with Crippen LogP contribution >= 0.6 is 11.3 Å². The standard InChI is InChI=1S/C20H20N6O3S/c1-25-18-15(9-22-25)19(28)26(12-21-18)10-17(27)24-20-23-16(11-30-20)14-5-3-13(4-6-14)7-8-29-2/h3-6,9,11-12H,7-8,10H2,1-2H3,(H,23,24,27). The number of thiazole rings is 1. The van der Waals surface area contributed by atoms with Gasteiger partial charge in [-0.3, -0.25) is 18.8 Å². The lowest BCUT2D eigenvalue weighted by Crippen LogP contribution is -2.27. The van der Waals surface area contributed by atoms with Crippen LogP contribution < -0.4 is 10.9 Å². The minimum absolute atomic E-state index is 0.153. The van der Waals surface area contributed by atoms with Crippen molar-refractivity contribution < 1.29 is 9.53 Å². The van der Waals surface area contributed by atoms with E-state index in [1.54, 1.807) is 14.2 Å². The number of amides is 1. The Morgan fingerprint density at radius 1 is 1.27 bits per heavy atom. The van der Waals surface area contributed by atoms with Gasteiger partial charge in [0, 0.05) is 25.1 Å². The molecule has 0 radical (unpaired) electrons. The first-order valence-corrected chi connectivity index (χ1v) is 10.1. The predicted octanol–water partition coefficient (Wildman–Crippen LogP) is 2.08. The molecule has 9 nitrogen and oxygen atoms in total. The highest BCUT2D eigenvalue weighted by Crippen LogP contribution is 2.25. The van der Waals surface area contributed by atoms with Crippen LogP contribution in [0.1, 0.15) is 5.56 Å². The Morgan fingerprint density at radius 3 is 2.83 bits per heavy atom. The molecule has 3 heterocycles. The second kappa shape index (κ2) is 8.56. The molecular formula is C20H20N6O3S. The number of benzene rings is 1. The van der Waals surface area contributed by atoms with Crippen LogP contribution in [0.5, 0.6) is 0 Å². The Labute approximate surface area is 176 Å². The van der Waals surface area contributed by atoms with Crippen LogP contribution in [-0.4, -0.2) is 43.9 Å². The van der Waals surface area contributed by atoms with Gasteiger partial charge in [-0.05, 0) is 12.0 Å². The van der Waals surface area contributed by atoms with Gasteiger partial charge in [-0.2, -0.15) is 5.10 Å². The summed E-state index contributed by atoms with van der Waals surface area (Å²) in [6, 6.07) is 8.08. The maximum atomic E-state index is 12.5. The Morgan fingerprint density at radius 2 is 2.07 bits per heavy atom. The van der Waals surface area contributed by atoms with Crippen LogP contribution in [0.25, 0.3) is 22.3 Å². The summed E-state index contributed by atoms with van der Waals surface area (Å²) >= 11 is 1.33. The van der Waals surface area contributed by atoms with Gasteiger partial charge in [0.05, 0.1) is 18.5 Å². The molecule has 10 heteroatoms. The van der Waals surface area contributed by atoms with Gasteiger partial charge in [-0.25, -0.2) is 9.97 Å². The summed E-state index contributed by atoms with van der Waals surface area (Å²) in [5.74, 6) is -0.349. The van der Waals surface area contributed by atoms with E-state index >= 15 is 0 Å². The van der Waals surface area contributed by atoms with Crippen molar-refractivity contribution in [1.82, 2.24) is 24.3 Å². The highest BCUT2D eigenvalue weighted by atomic mass is 32.1. The van der Waals surface area contributed by atoms with Crippen molar-refractivity contribution in [1.29, 1.82) is 0 Å². The van der Waals surface area contributed by atoms with Gasteiger partial charge in [0.25, 0.3) is 5.56 Å². The molecule has 0 aliphatic rings. The van der Waals surface area contributed by atoms with Crippen molar-refractivity contribution in [2.75, 3.05) is 19.0 Å². The van der Waals surface area contributed by atoms with E-state index in [-0.39, 0.29) is 18.0 Å². The van der Waals surface area contributed by atoms with Crippen LogP contribution in [0.4, 0.5) is 5.13 Å². The largest absolute Gasteiger partial charge is 0.384 e. The van der Waals surface area contributed by atoms with Crippen molar-refractivity contribution in [3.8, 4) is 11.3 Å². The molecule has 0 fully saturated rings. The minimum atomic E-state index is -0.349. The number of hydrogen-bond donors (Lipinski definition) is 1. The van der Waals surface area contributed by atoms with Crippen LogP contribution in [0.3, 0.4) is 0 Å². The summed E-state index contributed by atoms with van der Waals surface area (Å²) in [5, 5.41) is 9.50. The van der Waals surface area contributed by atoms with E-state index in [1.807, 2.05) is 29.6 Å². The molecule has 30 heavy (non-hydrogen) atoms. The van der Waals surface area contributed by atoms with E-state index in [9.17, 15) is 9.59 Å². The maximum absolute atomic E-state index is 12.5. The topological polar surface area (TPSA) is 104 Å². The SMILES string of the molecule is COCCc1ccc(-c2csc(NC(=O)Cn3cnc4c(cnn4C)c3=O)n2)cc1. The van der Waals surface area contributed by atoms with Crippen LogP contribution in [-0.2, 0) is 29.5 Å². The monoisotopic (exact) mass is 424 g/mol. The number of anilines is 1. The summed E-state index contributed by atoms with van der Waals surface area (Å²) in [5.41, 5.74) is 3.11. The molecule has 3 aromatic heterocycles. The number of aryl methyl sites for hydroxylation is 1. The Bertz CT molecular complexity index is 1240. The van der Waals surface area contributed by atoms with E-state index in [1.165, 1.54) is 38.7 Å². The third-order valence-corrected chi connectivity index (χ3v) is 5.38. The molecule has 1 amide bonds. The summed E-state index contributed by atoms with van der Waals surface area (Å²) in [6.45, 7) is 0.526. The van der Waals surface area contributed by atoms with Crippen molar-refractivity contribution in [3.05, 3.63) is 58.1 Å². The first-order chi connectivity index (χ1) is 14.5. The molecule has 4 aromatic rings. The minimum Gasteiger partial charge on any atom is -0.384 e. The Kier molecular flexibility index (Phi) is 5.68. The van der Waals surface area contributed by atoms with Crippen LogP contribution in [0.15, 0.2) is 47.0 Å². The van der Waals surface area contributed by atoms with Crippen molar-refractivity contribution in [3.63, 3.8) is 0 Å². The highest BCUT2D eigenvalue weighted by molar-refractivity contribution is 7.14.